The minimum atomic E-state index is -3.43. The van der Waals surface area contributed by atoms with Crippen LogP contribution in [0.3, 0.4) is 0 Å². The summed E-state index contributed by atoms with van der Waals surface area (Å²) in [7, 11) is -1.80. The normalized spacial score (nSPS) is 21.4. The second-order valence-corrected chi connectivity index (χ2v) is 6.80. The average molecular weight is 272 g/mol. The number of aromatic amines is 1. The Morgan fingerprint density at radius 1 is 1.50 bits per heavy atom. The number of sulfonamides is 1. The summed E-state index contributed by atoms with van der Waals surface area (Å²) in [5.41, 5.74) is 0.582. The highest BCUT2D eigenvalue weighted by molar-refractivity contribution is 7.89. The molecule has 102 valence electrons. The van der Waals surface area contributed by atoms with E-state index in [1.807, 2.05) is 0 Å². The van der Waals surface area contributed by atoms with E-state index in [4.69, 9.17) is 0 Å². The van der Waals surface area contributed by atoms with Crippen LogP contribution >= 0.6 is 0 Å². The van der Waals surface area contributed by atoms with Crippen molar-refractivity contribution in [3.05, 3.63) is 11.9 Å². The van der Waals surface area contributed by atoms with E-state index in [-0.39, 0.29) is 10.9 Å². The molecule has 0 radical (unpaired) electrons. The van der Waals surface area contributed by atoms with E-state index in [1.54, 1.807) is 14.0 Å². The summed E-state index contributed by atoms with van der Waals surface area (Å²) >= 11 is 0. The molecule has 1 saturated heterocycles. The van der Waals surface area contributed by atoms with Crippen molar-refractivity contribution >= 4 is 10.0 Å². The van der Waals surface area contributed by atoms with Gasteiger partial charge in [-0.05, 0) is 26.3 Å². The van der Waals surface area contributed by atoms with E-state index < -0.39 is 10.0 Å². The SMILES string of the molecule is Cc1[nH]ncc1S(=O)(=O)N(C)CC1CCCCN1. The van der Waals surface area contributed by atoms with Crippen LogP contribution in [0.2, 0.25) is 0 Å². The number of hydrogen-bond acceptors (Lipinski definition) is 4. The van der Waals surface area contributed by atoms with Gasteiger partial charge in [0.1, 0.15) is 4.90 Å². The molecule has 0 amide bonds. The molecule has 1 fully saturated rings. The van der Waals surface area contributed by atoms with Crippen LogP contribution in [-0.2, 0) is 10.0 Å². The Kier molecular flexibility index (Phi) is 4.04. The lowest BCUT2D eigenvalue weighted by Crippen LogP contribution is -2.44. The zero-order valence-electron chi connectivity index (χ0n) is 10.8. The van der Waals surface area contributed by atoms with Crippen molar-refractivity contribution in [3.63, 3.8) is 0 Å². The van der Waals surface area contributed by atoms with Crippen molar-refractivity contribution in [2.45, 2.75) is 37.1 Å². The van der Waals surface area contributed by atoms with Gasteiger partial charge in [-0.15, -0.1) is 0 Å². The van der Waals surface area contributed by atoms with Crippen molar-refractivity contribution < 1.29 is 8.42 Å². The molecule has 0 aromatic carbocycles. The van der Waals surface area contributed by atoms with E-state index in [2.05, 4.69) is 15.5 Å². The Bertz CT molecular complexity index is 491. The number of nitrogens with one attached hydrogen (secondary N) is 2. The summed E-state index contributed by atoms with van der Waals surface area (Å²) < 4.78 is 26.1. The fourth-order valence-corrected chi connectivity index (χ4v) is 3.59. The van der Waals surface area contributed by atoms with Crippen LogP contribution < -0.4 is 5.32 Å². The quantitative estimate of drug-likeness (QED) is 0.835. The van der Waals surface area contributed by atoms with Gasteiger partial charge in [0, 0.05) is 19.6 Å². The molecule has 1 aromatic heterocycles. The van der Waals surface area contributed by atoms with Gasteiger partial charge in [-0.3, -0.25) is 5.10 Å². The Balaban J connectivity index is 2.08. The Labute approximate surface area is 108 Å². The molecule has 18 heavy (non-hydrogen) atoms. The number of rotatable bonds is 4. The molecule has 1 aliphatic heterocycles. The number of hydrogen-bond donors (Lipinski definition) is 2. The van der Waals surface area contributed by atoms with E-state index in [9.17, 15) is 8.42 Å². The molecular weight excluding hydrogens is 252 g/mol. The van der Waals surface area contributed by atoms with Gasteiger partial charge in [0.15, 0.2) is 0 Å². The van der Waals surface area contributed by atoms with E-state index >= 15 is 0 Å². The molecule has 0 saturated carbocycles. The minimum absolute atomic E-state index is 0.255. The fraction of sp³-hybridized carbons (Fsp3) is 0.727. The van der Waals surface area contributed by atoms with Crippen LogP contribution in [0.1, 0.15) is 25.0 Å². The minimum Gasteiger partial charge on any atom is -0.313 e. The molecule has 6 nitrogen and oxygen atoms in total. The summed E-state index contributed by atoms with van der Waals surface area (Å²) in [6, 6.07) is 0.255. The van der Waals surface area contributed by atoms with Gasteiger partial charge in [-0.25, -0.2) is 8.42 Å². The molecule has 0 aliphatic carbocycles. The first kappa shape index (κ1) is 13.5. The number of piperidine rings is 1. The first-order valence-electron chi connectivity index (χ1n) is 6.21. The van der Waals surface area contributed by atoms with Crippen LogP contribution in [0, 0.1) is 6.92 Å². The van der Waals surface area contributed by atoms with E-state index in [0.717, 1.165) is 19.4 Å². The molecule has 1 aromatic rings. The highest BCUT2D eigenvalue weighted by atomic mass is 32.2. The smallest absolute Gasteiger partial charge is 0.246 e. The number of aryl methyl sites for hydroxylation is 1. The van der Waals surface area contributed by atoms with Crippen LogP contribution in [0.4, 0.5) is 0 Å². The summed E-state index contributed by atoms with van der Waals surface area (Å²) in [5, 5.41) is 9.78. The number of likely N-dealkylation sites (N-methyl/N-ethyl adjacent to an activating group) is 1. The van der Waals surface area contributed by atoms with Gasteiger partial charge < -0.3 is 5.32 Å². The number of H-pyrrole nitrogens is 1. The summed E-state index contributed by atoms with van der Waals surface area (Å²) in [6.45, 7) is 3.20. The first-order chi connectivity index (χ1) is 8.51. The lowest BCUT2D eigenvalue weighted by Gasteiger charge is -2.27. The molecule has 1 aliphatic rings. The van der Waals surface area contributed by atoms with Gasteiger partial charge in [0.05, 0.1) is 11.9 Å². The van der Waals surface area contributed by atoms with Gasteiger partial charge in [0.25, 0.3) is 0 Å². The van der Waals surface area contributed by atoms with Crippen molar-refractivity contribution in [3.8, 4) is 0 Å². The highest BCUT2D eigenvalue weighted by Crippen LogP contribution is 2.17. The van der Waals surface area contributed by atoms with Crippen LogP contribution in [0.25, 0.3) is 0 Å². The third kappa shape index (κ3) is 2.73. The van der Waals surface area contributed by atoms with Gasteiger partial charge >= 0.3 is 0 Å². The van der Waals surface area contributed by atoms with E-state index in [1.165, 1.54) is 16.9 Å². The Hall–Kier alpha value is -0.920. The molecule has 0 bridgehead atoms. The maximum Gasteiger partial charge on any atom is 0.246 e. The van der Waals surface area contributed by atoms with Gasteiger partial charge in [-0.2, -0.15) is 9.40 Å². The fourth-order valence-electron chi connectivity index (χ4n) is 2.26. The van der Waals surface area contributed by atoms with Crippen molar-refractivity contribution in [1.82, 2.24) is 19.8 Å². The van der Waals surface area contributed by atoms with E-state index in [0.29, 0.717) is 12.2 Å². The van der Waals surface area contributed by atoms with Gasteiger partial charge in [-0.1, -0.05) is 6.42 Å². The number of aromatic nitrogens is 2. The predicted molar refractivity (Wildman–Crippen MR) is 68.8 cm³/mol. The van der Waals surface area contributed by atoms with Crippen LogP contribution in [0.5, 0.6) is 0 Å². The zero-order chi connectivity index (χ0) is 13.2. The monoisotopic (exact) mass is 272 g/mol. The average Bonchev–Trinajstić information content (AvgIpc) is 2.77. The lowest BCUT2D eigenvalue weighted by atomic mass is 10.1. The lowest BCUT2D eigenvalue weighted by molar-refractivity contribution is 0.337. The number of nitrogens with zero attached hydrogens (tertiary/aromatic N) is 2. The molecule has 2 heterocycles. The second-order valence-electron chi connectivity index (χ2n) is 4.79. The molecule has 1 unspecified atom stereocenters. The third-order valence-corrected chi connectivity index (χ3v) is 5.30. The largest absolute Gasteiger partial charge is 0.313 e. The zero-order valence-corrected chi connectivity index (χ0v) is 11.6. The standard InChI is InChI=1S/C11H20N4O2S/c1-9-11(7-13-14-9)18(16,17)15(2)8-10-5-3-4-6-12-10/h7,10,12H,3-6,8H2,1-2H3,(H,13,14). The topological polar surface area (TPSA) is 78.1 Å². The maximum absolute atomic E-state index is 12.3. The second kappa shape index (κ2) is 5.38. The predicted octanol–water partition coefficient (Wildman–Crippen LogP) is 0.481. The molecule has 2 N–H and O–H groups in total. The van der Waals surface area contributed by atoms with Crippen molar-refractivity contribution in [1.29, 1.82) is 0 Å². The van der Waals surface area contributed by atoms with Crippen molar-refractivity contribution in [2.75, 3.05) is 20.1 Å². The Morgan fingerprint density at radius 3 is 2.83 bits per heavy atom. The molecule has 7 heteroatoms. The summed E-state index contributed by atoms with van der Waals surface area (Å²) in [4.78, 5) is 0.265. The van der Waals surface area contributed by atoms with Crippen molar-refractivity contribution in [2.24, 2.45) is 0 Å². The Morgan fingerprint density at radius 2 is 2.28 bits per heavy atom. The van der Waals surface area contributed by atoms with Crippen LogP contribution in [-0.4, -0.2) is 49.1 Å². The summed E-state index contributed by atoms with van der Waals surface area (Å²) in [5.74, 6) is 0. The third-order valence-electron chi connectivity index (χ3n) is 3.36. The summed E-state index contributed by atoms with van der Waals surface area (Å²) in [6.07, 6.45) is 4.74. The maximum atomic E-state index is 12.3. The molecule has 0 spiro atoms. The van der Waals surface area contributed by atoms with Crippen LogP contribution in [0.15, 0.2) is 11.1 Å². The highest BCUT2D eigenvalue weighted by Gasteiger charge is 2.26. The van der Waals surface area contributed by atoms with Gasteiger partial charge in [0.2, 0.25) is 10.0 Å². The molecule has 1 atom stereocenters. The molecular formula is C11H20N4O2S. The first-order valence-corrected chi connectivity index (χ1v) is 7.65. The molecule has 2 rings (SSSR count).